The van der Waals surface area contributed by atoms with Crippen molar-refractivity contribution in [3.8, 4) is 28.7 Å². The predicted molar refractivity (Wildman–Crippen MR) is 212 cm³/mol. The van der Waals surface area contributed by atoms with Crippen molar-refractivity contribution in [1.29, 1.82) is 0 Å². The van der Waals surface area contributed by atoms with Gasteiger partial charge in [-0.3, -0.25) is 9.80 Å². The molecule has 9 nitrogen and oxygen atoms in total. The van der Waals surface area contributed by atoms with Crippen LogP contribution in [-0.2, 0) is 12.8 Å². The fourth-order valence-electron chi connectivity index (χ4n) is 7.02. The maximum absolute atomic E-state index is 12.9. The first-order valence-electron chi connectivity index (χ1n) is 19.7. The summed E-state index contributed by atoms with van der Waals surface area (Å²) >= 11 is 0. The van der Waals surface area contributed by atoms with Crippen LogP contribution < -0.4 is 23.7 Å². The van der Waals surface area contributed by atoms with Gasteiger partial charge in [-0.25, -0.2) is 8.78 Å². The summed E-state index contributed by atoms with van der Waals surface area (Å²) in [6, 6.07) is 27.0. The zero-order valence-electron chi connectivity index (χ0n) is 32.2. The fraction of sp³-hybridized carbons (Fsp3) is 0.455. The van der Waals surface area contributed by atoms with E-state index in [1.165, 1.54) is 41.8 Å². The lowest BCUT2D eigenvalue weighted by Crippen LogP contribution is -2.47. The van der Waals surface area contributed by atoms with Gasteiger partial charge in [-0.1, -0.05) is 18.2 Å². The largest absolute Gasteiger partial charge is 0.497 e. The molecule has 0 spiro atoms. The van der Waals surface area contributed by atoms with Crippen LogP contribution in [0.3, 0.4) is 0 Å². The van der Waals surface area contributed by atoms with Crippen molar-refractivity contribution in [2.45, 2.75) is 25.7 Å². The Labute approximate surface area is 325 Å². The van der Waals surface area contributed by atoms with Gasteiger partial charge in [0.2, 0.25) is 6.79 Å². The minimum Gasteiger partial charge on any atom is -0.497 e. The standard InChI is InChI=1S/C22H27FN2O3.C22H29FN2O2/c23-19-4-6-20(7-5-19)26-15-14-25-12-10-24(11-13-25)9-1-2-18-3-8-21-22(16-18)28-17-27-21;1-26-21-8-4-19(5-9-21)3-2-12-24-13-15-25(16-14-24)17-18-27-22-10-6-20(23)7-11-22/h3-8,16H,1-2,9-15,17H2;4-11H,2-3,12-18H2,1H3. The lowest BCUT2D eigenvalue weighted by molar-refractivity contribution is 0.116. The van der Waals surface area contributed by atoms with Crippen LogP contribution in [0.5, 0.6) is 28.7 Å². The molecule has 0 aliphatic carbocycles. The second-order valence-electron chi connectivity index (χ2n) is 14.2. The Kier molecular flexibility index (Phi) is 15.8. The number of nitrogens with zero attached hydrogens (tertiary/aromatic N) is 4. The summed E-state index contributed by atoms with van der Waals surface area (Å²) < 4.78 is 53.2. The molecular formula is C44H56F2N4O5. The maximum atomic E-state index is 12.9. The number of aryl methyl sites for hydroxylation is 2. The van der Waals surface area contributed by atoms with E-state index in [4.69, 9.17) is 23.7 Å². The Balaban J connectivity index is 0.000000187. The van der Waals surface area contributed by atoms with Crippen molar-refractivity contribution in [1.82, 2.24) is 19.6 Å². The highest BCUT2D eigenvalue weighted by molar-refractivity contribution is 5.44. The highest BCUT2D eigenvalue weighted by Gasteiger charge is 2.18. The minimum absolute atomic E-state index is 0.231. The Morgan fingerprint density at radius 3 is 1.40 bits per heavy atom. The first-order chi connectivity index (χ1) is 27.0. The molecule has 0 aromatic heterocycles. The zero-order chi connectivity index (χ0) is 38.1. The third-order valence-electron chi connectivity index (χ3n) is 10.4. The van der Waals surface area contributed by atoms with E-state index in [1.807, 2.05) is 18.2 Å². The Morgan fingerprint density at radius 2 is 0.909 bits per heavy atom. The van der Waals surface area contributed by atoms with E-state index in [1.54, 1.807) is 31.4 Å². The molecule has 3 aliphatic heterocycles. The molecule has 0 bridgehead atoms. The van der Waals surface area contributed by atoms with Crippen molar-refractivity contribution in [2.24, 2.45) is 0 Å². The third-order valence-corrected chi connectivity index (χ3v) is 10.4. The normalized spacial score (nSPS) is 16.3. The van der Waals surface area contributed by atoms with Gasteiger partial charge in [0.1, 0.15) is 42.1 Å². The molecule has 0 atom stereocenters. The molecule has 296 valence electrons. The molecule has 4 aromatic rings. The Morgan fingerprint density at radius 1 is 0.491 bits per heavy atom. The van der Waals surface area contributed by atoms with Crippen LogP contribution in [0.4, 0.5) is 8.78 Å². The van der Waals surface area contributed by atoms with E-state index in [0.29, 0.717) is 20.0 Å². The van der Waals surface area contributed by atoms with Crippen molar-refractivity contribution in [3.05, 3.63) is 114 Å². The first-order valence-corrected chi connectivity index (χ1v) is 19.7. The maximum Gasteiger partial charge on any atom is 0.231 e. The fourth-order valence-corrected chi connectivity index (χ4v) is 7.02. The lowest BCUT2D eigenvalue weighted by atomic mass is 10.1. The van der Waals surface area contributed by atoms with Gasteiger partial charge in [-0.05, 0) is 123 Å². The van der Waals surface area contributed by atoms with Crippen molar-refractivity contribution < 1.29 is 32.5 Å². The number of halogens is 2. The van der Waals surface area contributed by atoms with Crippen LogP contribution in [-0.4, -0.2) is 125 Å². The van der Waals surface area contributed by atoms with Crippen LogP contribution in [0, 0.1) is 11.6 Å². The van der Waals surface area contributed by atoms with E-state index in [-0.39, 0.29) is 11.6 Å². The molecule has 3 heterocycles. The topological polar surface area (TPSA) is 59.1 Å². The van der Waals surface area contributed by atoms with Crippen LogP contribution in [0.2, 0.25) is 0 Å². The molecule has 2 fully saturated rings. The van der Waals surface area contributed by atoms with Gasteiger partial charge in [-0.2, -0.15) is 0 Å². The molecular weight excluding hydrogens is 703 g/mol. The summed E-state index contributed by atoms with van der Waals surface area (Å²) in [4.78, 5) is 9.94. The number of ether oxygens (including phenoxy) is 5. The number of methoxy groups -OCH3 is 1. The minimum atomic E-state index is -0.234. The molecule has 0 radical (unpaired) electrons. The highest BCUT2D eigenvalue weighted by Crippen LogP contribution is 2.32. The number of hydrogen-bond donors (Lipinski definition) is 0. The summed E-state index contributed by atoms with van der Waals surface area (Å²) in [7, 11) is 1.70. The Hall–Kier alpha value is -4.42. The molecule has 0 N–H and O–H groups in total. The molecule has 0 amide bonds. The second-order valence-corrected chi connectivity index (χ2v) is 14.2. The Bertz CT molecular complexity index is 1680. The summed E-state index contributed by atoms with van der Waals surface area (Å²) in [5, 5.41) is 0. The van der Waals surface area contributed by atoms with Crippen LogP contribution in [0.25, 0.3) is 0 Å². The monoisotopic (exact) mass is 758 g/mol. The van der Waals surface area contributed by atoms with Gasteiger partial charge < -0.3 is 33.5 Å². The molecule has 2 saturated heterocycles. The summed E-state index contributed by atoms with van der Waals surface area (Å²) in [5.74, 6) is 3.63. The van der Waals surface area contributed by atoms with Crippen LogP contribution in [0.1, 0.15) is 24.0 Å². The second kappa shape index (κ2) is 21.6. The summed E-state index contributed by atoms with van der Waals surface area (Å²) in [6.07, 6.45) is 4.49. The number of benzene rings is 4. The van der Waals surface area contributed by atoms with E-state index < -0.39 is 0 Å². The van der Waals surface area contributed by atoms with Gasteiger partial charge >= 0.3 is 0 Å². The number of piperazine rings is 2. The van der Waals surface area contributed by atoms with Gasteiger partial charge in [0.15, 0.2) is 11.5 Å². The highest BCUT2D eigenvalue weighted by atomic mass is 19.1. The average molecular weight is 759 g/mol. The van der Waals surface area contributed by atoms with Crippen LogP contribution in [0.15, 0.2) is 91.0 Å². The number of hydrogen-bond acceptors (Lipinski definition) is 9. The van der Waals surface area contributed by atoms with E-state index in [2.05, 4.69) is 43.9 Å². The number of rotatable bonds is 17. The predicted octanol–water partition coefficient (Wildman–Crippen LogP) is 6.65. The third kappa shape index (κ3) is 13.7. The average Bonchev–Trinajstić information content (AvgIpc) is 3.69. The lowest BCUT2D eigenvalue weighted by Gasteiger charge is -2.34. The van der Waals surface area contributed by atoms with Gasteiger partial charge in [0, 0.05) is 65.4 Å². The molecule has 0 saturated carbocycles. The molecule has 0 unspecified atom stereocenters. The van der Waals surface area contributed by atoms with Crippen molar-refractivity contribution in [2.75, 3.05) is 106 Å². The summed E-state index contributed by atoms with van der Waals surface area (Å²) in [6.45, 7) is 14.4. The van der Waals surface area contributed by atoms with E-state index >= 15 is 0 Å². The molecule has 3 aliphatic rings. The zero-order valence-corrected chi connectivity index (χ0v) is 32.2. The van der Waals surface area contributed by atoms with Crippen molar-refractivity contribution >= 4 is 0 Å². The molecule has 7 rings (SSSR count). The SMILES string of the molecule is COc1ccc(CCCN2CCN(CCOc3ccc(F)cc3)CC2)cc1.Fc1ccc(OCCN2CCN(CCCc3ccc4c(c3)OCO4)CC2)cc1. The van der Waals surface area contributed by atoms with Crippen LogP contribution >= 0.6 is 0 Å². The van der Waals surface area contributed by atoms with Crippen molar-refractivity contribution in [3.63, 3.8) is 0 Å². The molecule has 55 heavy (non-hydrogen) atoms. The van der Waals surface area contributed by atoms with Gasteiger partial charge in [0.05, 0.1) is 7.11 Å². The molecule has 11 heteroatoms. The number of fused-ring (bicyclic) bond motifs is 1. The first kappa shape index (κ1) is 40.2. The van der Waals surface area contributed by atoms with Gasteiger partial charge in [-0.15, -0.1) is 0 Å². The quantitative estimate of drug-likeness (QED) is 0.118. The van der Waals surface area contributed by atoms with E-state index in [0.717, 1.165) is 127 Å². The summed E-state index contributed by atoms with van der Waals surface area (Å²) in [5.41, 5.74) is 2.67. The van der Waals surface area contributed by atoms with E-state index in [9.17, 15) is 8.78 Å². The van der Waals surface area contributed by atoms with Gasteiger partial charge in [0.25, 0.3) is 0 Å². The smallest absolute Gasteiger partial charge is 0.231 e. The molecule has 4 aromatic carbocycles.